The van der Waals surface area contributed by atoms with Crippen LogP contribution in [0.5, 0.6) is 0 Å². The molecule has 0 bridgehead atoms. The van der Waals surface area contributed by atoms with Crippen LogP contribution in [0.15, 0.2) is 0 Å². The molecule has 0 aromatic carbocycles. The molecule has 0 saturated heterocycles. The van der Waals surface area contributed by atoms with Crippen LogP contribution in [0.4, 0.5) is 0 Å². The second-order valence-corrected chi connectivity index (χ2v) is 0. The molecular weight excluding hydrogens is 231 g/mol. The quantitative estimate of drug-likeness (QED) is 0.373. The van der Waals surface area contributed by atoms with Gasteiger partial charge in [0.15, 0.2) is 86.8 Å². The standard InChI is InChI=1S/5Al.Mo.15H. The van der Waals surface area contributed by atoms with Crippen molar-refractivity contribution in [3.05, 3.63) is 0 Å². The van der Waals surface area contributed by atoms with Crippen LogP contribution in [0.2, 0.25) is 0 Å². The minimum Gasteiger partial charge on any atom is 0 e. The molecule has 0 aliphatic carbocycles. The third-order valence-electron chi connectivity index (χ3n) is 0. The predicted molar refractivity (Wildman–Crippen MR) is 49.7 cm³/mol. The Bertz CT molecular complexity index is 3.90. The molecule has 0 amide bonds. The molecule has 0 aromatic heterocycles. The van der Waals surface area contributed by atoms with Crippen LogP contribution >= 0.6 is 0 Å². The third kappa shape index (κ3) is 26.4. The molecule has 0 aromatic rings. The van der Waals surface area contributed by atoms with E-state index in [0.717, 1.165) is 0 Å². The van der Waals surface area contributed by atoms with Crippen molar-refractivity contribution in [1.82, 2.24) is 0 Å². The van der Waals surface area contributed by atoms with E-state index in [-0.39, 0.29) is 108 Å². The average molecular weight is 246 g/mol. The first-order chi connectivity index (χ1) is 0. The van der Waals surface area contributed by atoms with Crippen molar-refractivity contribution in [2.24, 2.45) is 0 Å². The topological polar surface area (TPSA) is 0 Å². The fraction of sp³-hybridized carbons (Fsp3) is 0. The molecule has 0 heterocycles. The van der Waals surface area contributed by atoms with Crippen molar-refractivity contribution in [1.29, 1.82) is 0 Å². The van der Waals surface area contributed by atoms with E-state index < -0.39 is 0 Å². The summed E-state index contributed by atoms with van der Waals surface area (Å²) in [5.41, 5.74) is 0. The smallest absolute Gasteiger partial charge is 0 e. The molecule has 0 fully saturated rings. The maximum absolute atomic E-state index is 0. The zero-order valence-electron chi connectivity index (χ0n) is 0.408. The van der Waals surface area contributed by atoms with Gasteiger partial charge in [0.05, 0.1) is 0 Å². The number of rotatable bonds is 0. The van der Waals surface area contributed by atoms with Gasteiger partial charge in [0.1, 0.15) is 0 Å². The van der Waals surface area contributed by atoms with Crippen LogP contribution in [-0.2, 0) is 21.1 Å². The molecular formula is H15Al5Mo. The normalized spacial score (nSPS) is 0. The van der Waals surface area contributed by atoms with Gasteiger partial charge in [-0.1, -0.05) is 0 Å². The molecule has 0 saturated carbocycles. The van der Waals surface area contributed by atoms with Crippen LogP contribution in [-0.4, -0.2) is 86.8 Å². The summed E-state index contributed by atoms with van der Waals surface area (Å²) in [4.78, 5) is 0. The van der Waals surface area contributed by atoms with Crippen LogP contribution < -0.4 is 0 Å². The zero-order valence-corrected chi connectivity index (χ0v) is 2.42. The minimum absolute atomic E-state index is 0. The zero-order chi connectivity index (χ0) is 0. The monoisotopic (exact) mass is 248 g/mol. The summed E-state index contributed by atoms with van der Waals surface area (Å²) in [7, 11) is 0. The first-order valence-electron chi connectivity index (χ1n) is 0. The maximum atomic E-state index is 0. The van der Waals surface area contributed by atoms with Crippen molar-refractivity contribution in [3.8, 4) is 0 Å². The summed E-state index contributed by atoms with van der Waals surface area (Å²) in [6.45, 7) is 0. The van der Waals surface area contributed by atoms with Gasteiger partial charge in [0.25, 0.3) is 0 Å². The molecule has 0 aliphatic heterocycles. The molecule has 0 aliphatic rings. The fourth-order valence-electron chi connectivity index (χ4n) is 0. The SMILES string of the molecule is [AlH3].[AlH3].[AlH3].[AlH3].[AlH3].[Mo]. The van der Waals surface area contributed by atoms with Gasteiger partial charge in [-0.15, -0.1) is 0 Å². The summed E-state index contributed by atoms with van der Waals surface area (Å²) < 4.78 is 0. The molecule has 6 heavy (non-hydrogen) atoms. The van der Waals surface area contributed by atoms with Crippen molar-refractivity contribution in [2.45, 2.75) is 0 Å². The van der Waals surface area contributed by atoms with E-state index >= 15 is 0 Å². The Morgan fingerprint density at radius 2 is 0.333 bits per heavy atom. The summed E-state index contributed by atoms with van der Waals surface area (Å²) in [5.74, 6) is 0. The number of hydrogen-bond donors (Lipinski definition) is 0. The largest absolute Gasteiger partial charge is 0.187 e. The summed E-state index contributed by atoms with van der Waals surface area (Å²) in [6, 6.07) is 0. The van der Waals surface area contributed by atoms with Crippen LogP contribution in [0, 0.1) is 0 Å². The van der Waals surface area contributed by atoms with Crippen LogP contribution in [0.1, 0.15) is 0 Å². The van der Waals surface area contributed by atoms with Gasteiger partial charge in [0, 0.05) is 21.1 Å². The Labute approximate surface area is 106 Å². The Morgan fingerprint density at radius 3 is 0.333 bits per heavy atom. The maximum Gasteiger partial charge on any atom is 0.187 e. The molecule has 0 unspecified atom stereocenters. The van der Waals surface area contributed by atoms with Gasteiger partial charge in [-0.05, 0) is 0 Å². The molecule has 0 radical (unpaired) electrons. The van der Waals surface area contributed by atoms with E-state index in [2.05, 4.69) is 0 Å². The van der Waals surface area contributed by atoms with E-state index in [9.17, 15) is 0 Å². The summed E-state index contributed by atoms with van der Waals surface area (Å²) >= 11 is 0. The fourth-order valence-corrected chi connectivity index (χ4v) is 0. The second-order valence-electron chi connectivity index (χ2n) is 0. The van der Waals surface area contributed by atoms with Gasteiger partial charge in [0.2, 0.25) is 0 Å². The minimum atomic E-state index is 0. The molecule has 6 heteroatoms. The van der Waals surface area contributed by atoms with Crippen molar-refractivity contribution in [3.63, 3.8) is 0 Å². The Balaban J connectivity index is 0. The van der Waals surface area contributed by atoms with E-state index in [4.69, 9.17) is 0 Å². The van der Waals surface area contributed by atoms with Gasteiger partial charge in [-0.25, -0.2) is 0 Å². The first kappa shape index (κ1) is 58.1. The van der Waals surface area contributed by atoms with Crippen LogP contribution in [0.3, 0.4) is 0 Å². The van der Waals surface area contributed by atoms with Gasteiger partial charge >= 0.3 is 0 Å². The van der Waals surface area contributed by atoms with Gasteiger partial charge in [-0.2, -0.15) is 0 Å². The third-order valence-corrected chi connectivity index (χ3v) is 0. The summed E-state index contributed by atoms with van der Waals surface area (Å²) in [5, 5.41) is 0. The van der Waals surface area contributed by atoms with Crippen LogP contribution in [0.25, 0.3) is 0 Å². The van der Waals surface area contributed by atoms with Gasteiger partial charge in [-0.3, -0.25) is 0 Å². The van der Waals surface area contributed by atoms with Crippen molar-refractivity contribution < 1.29 is 21.1 Å². The van der Waals surface area contributed by atoms with Crippen molar-refractivity contribution in [2.75, 3.05) is 0 Å². The first-order valence-corrected chi connectivity index (χ1v) is 0. The molecule has 0 rings (SSSR count). The van der Waals surface area contributed by atoms with Crippen molar-refractivity contribution >= 4 is 86.8 Å². The summed E-state index contributed by atoms with van der Waals surface area (Å²) in [6.07, 6.45) is 0. The average Bonchev–Trinajstić information content (AvgIpc) is 0. The predicted octanol–water partition coefficient (Wildman–Crippen LogP) is -5.92. The number of hydrogen-bond acceptors (Lipinski definition) is 0. The Morgan fingerprint density at radius 1 is 0.333 bits per heavy atom. The van der Waals surface area contributed by atoms with Gasteiger partial charge < -0.3 is 0 Å². The van der Waals surface area contributed by atoms with E-state index in [1.807, 2.05) is 0 Å². The molecule has 0 atom stereocenters. The van der Waals surface area contributed by atoms with E-state index in [1.165, 1.54) is 0 Å². The second kappa shape index (κ2) is 40.2. The Kier molecular flexibility index (Phi) is 389. The molecule has 0 N–H and O–H groups in total. The Hall–Kier alpha value is 3.35. The molecule has 36 valence electrons. The van der Waals surface area contributed by atoms with E-state index in [0.29, 0.717) is 0 Å². The molecule has 0 nitrogen and oxygen atoms in total. The van der Waals surface area contributed by atoms with E-state index in [1.54, 1.807) is 0 Å². The molecule has 0 spiro atoms.